The first-order valence-corrected chi connectivity index (χ1v) is 10.5. The van der Waals surface area contributed by atoms with Crippen molar-refractivity contribution < 1.29 is 0 Å². The van der Waals surface area contributed by atoms with Gasteiger partial charge in [-0.15, -0.1) is 0 Å². The fraction of sp³-hybridized carbons (Fsp3) is 0. The molecule has 7 rings (SSSR count). The van der Waals surface area contributed by atoms with E-state index in [2.05, 4.69) is 109 Å². The highest BCUT2D eigenvalue weighted by Crippen LogP contribution is 2.37. The van der Waals surface area contributed by atoms with Crippen LogP contribution in [0, 0.1) is 0 Å². The lowest BCUT2D eigenvalue weighted by molar-refractivity contribution is 1.78. The molecule has 0 aliphatic rings. The number of hydrogen-bond donors (Lipinski definition) is 0. The van der Waals surface area contributed by atoms with Crippen molar-refractivity contribution in [1.82, 2.24) is 0 Å². The third kappa shape index (κ3) is 2.11. The van der Waals surface area contributed by atoms with Crippen molar-refractivity contribution in [2.75, 3.05) is 0 Å². The van der Waals surface area contributed by atoms with Crippen LogP contribution in [0.5, 0.6) is 0 Å². The van der Waals surface area contributed by atoms with Gasteiger partial charge in [-0.1, -0.05) is 97.1 Å². The summed E-state index contributed by atoms with van der Waals surface area (Å²) in [6, 6.07) is 40.2. The Morgan fingerprint density at radius 1 is 0.233 bits per heavy atom. The van der Waals surface area contributed by atoms with Gasteiger partial charge in [0, 0.05) is 0 Å². The normalized spacial score (nSPS) is 12.0. The van der Waals surface area contributed by atoms with Crippen LogP contribution in [0.15, 0.2) is 109 Å². The van der Waals surface area contributed by atoms with Gasteiger partial charge in [-0.2, -0.15) is 0 Å². The minimum Gasteiger partial charge on any atom is -0.0616 e. The first-order valence-electron chi connectivity index (χ1n) is 10.5. The molecule has 0 amide bonds. The van der Waals surface area contributed by atoms with Crippen molar-refractivity contribution in [3.05, 3.63) is 109 Å². The van der Waals surface area contributed by atoms with E-state index in [4.69, 9.17) is 0 Å². The molecule has 0 radical (unpaired) electrons. The minimum atomic E-state index is 1.29. The summed E-state index contributed by atoms with van der Waals surface area (Å²) in [5, 5.41) is 15.8. The Bertz CT molecular complexity index is 1750. The topological polar surface area (TPSA) is 0 Å². The van der Waals surface area contributed by atoms with E-state index in [9.17, 15) is 0 Å². The SMILES string of the molecule is c1ccc2c(c1)ccc1cc3c(ccc4c3ccc3c5ccccc5ccc34)cc12. The third-order valence-corrected chi connectivity index (χ3v) is 6.60. The molecule has 0 saturated heterocycles. The van der Waals surface area contributed by atoms with Crippen molar-refractivity contribution >= 4 is 64.6 Å². The molecule has 0 aromatic heterocycles. The Labute approximate surface area is 174 Å². The molecule has 0 heterocycles. The second-order valence-corrected chi connectivity index (χ2v) is 8.19. The predicted octanol–water partition coefficient (Wildman–Crippen LogP) is 8.61. The Kier molecular flexibility index (Phi) is 3.09. The van der Waals surface area contributed by atoms with E-state index in [1.807, 2.05) is 0 Å². The molecule has 0 atom stereocenters. The molecule has 7 aromatic rings. The molecule has 0 aliphatic heterocycles. The van der Waals surface area contributed by atoms with Gasteiger partial charge in [0.05, 0.1) is 0 Å². The molecule has 0 aliphatic carbocycles. The van der Waals surface area contributed by atoms with Crippen molar-refractivity contribution in [2.24, 2.45) is 0 Å². The second-order valence-electron chi connectivity index (χ2n) is 8.19. The first kappa shape index (κ1) is 16.0. The summed E-state index contributed by atoms with van der Waals surface area (Å²) in [5.41, 5.74) is 0. The molecule has 0 N–H and O–H groups in total. The summed E-state index contributed by atoms with van der Waals surface area (Å²) in [4.78, 5) is 0. The van der Waals surface area contributed by atoms with E-state index < -0.39 is 0 Å². The Balaban J connectivity index is 1.63. The van der Waals surface area contributed by atoms with E-state index in [0.717, 1.165) is 0 Å². The molecule has 0 spiro atoms. The molecular formula is C30H18. The Morgan fingerprint density at radius 2 is 0.600 bits per heavy atom. The summed E-state index contributed by atoms with van der Waals surface area (Å²) in [6.07, 6.45) is 0. The Hall–Kier alpha value is -3.90. The van der Waals surface area contributed by atoms with Crippen LogP contribution in [0.3, 0.4) is 0 Å². The molecule has 7 aromatic carbocycles. The molecule has 0 fully saturated rings. The zero-order valence-electron chi connectivity index (χ0n) is 16.4. The van der Waals surface area contributed by atoms with Crippen LogP contribution in [-0.4, -0.2) is 0 Å². The van der Waals surface area contributed by atoms with Crippen molar-refractivity contribution in [2.45, 2.75) is 0 Å². The maximum atomic E-state index is 2.37. The van der Waals surface area contributed by atoms with Crippen LogP contribution in [0.25, 0.3) is 64.6 Å². The van der Waals surface area contributed by atoms with E-state index >= 15 is 0 Å². The molecular weight excluding hydrogens is 360 g/mol. The lowest BCUT2D eigenvalue weighted by atomic mass is 9.92. The smallest absolute Gasteiger partial charge is 0.00987 e. The number of fused-ring (bicyclic) bond motifs is 10. The lowest BCUT2D eigenvalue weighted by Gasteiger charge is -2.11. The van der Waals surface area contributed by atoms with Gasteiger partial charge >= 0.3 is 0 Å². The Morgan fingerprint density at radius 3 is 1.27 bits per heavy atom. The minimum absolute atomic E-state index is 1.29. The summed E-state index contributed by atoms with van der Waals surface area (Å²) >= 11 is 0. The van der Waals surface area contributed by atoms with Crippen LogP contribution in [-0.2, 0) is 0 Å². The fourth-order valence-corrected chi connectivity index (χ4v) is 5.14. The van der Waals surface area contributed by atoms with Gasteiger partial charge in [-0.3, -0.25) is 0 Å². The molecule has 0 heteroatoms. The van der Waals surface area contributed by atoms with Crippen LogP contribution < -0.4 is 0 Å². The van der Waals surface area contributed by atoms with E-state index in [-0.39, 0.29) is 0 Å². The first-order chi connectivity index (χ1) is 14.9. The largest absolute Gasteiger partial charge is 0.0616 e. The molecule has 30 heavy (non-hydrogen) atoms. The standard InChI is InChI=1S/C30H18/c1-3-7-23-20(6-1)11-13-26-25(23)15-16-28-27(26)14-12-22-17-29-21(18-30(22)28)10-9-19-5-2-4-8-24(19)29/h1-18H. The average Bonchev–Trinajstić information content (AvgIpc) is 2.82. The quantitative estimate of drug-likeness (QED) is 0.183. The number of rotatable bonds is 0. The molecule has 0 saturated carbocycles. The summed E-state index contributed by atoms with van der Waals surface area (Å²) in [6.45, 7) is 0. The summed E-state index contributed by atoms with van der Waals surface area (Å²) < 4.78 is 0. The van der Waals surface area contributed by atoms with Gasteiger partial charge in [0.25, 0.3) is 0 Å². The van der Waals surface area contributed by atoms with E-state index in [1.54, 1.807) is 0 Å². The van der Waals surface area contributed by atoms with Crippen LogP contribution in [0.4, 0.5) is 0 Å². The number of benzene rings is 7. The molecule has 138 valence electrons. The molecule has 0 nitrogen and oxygen atoms in total. The third-order valence-electron chi connectivity index (χ3n) is 6.60. The van der Waals surface area contributed by atoms with Gasteiger partial charge in [0.1, 0.15) is 0 Å². The zero-order chi connectivity index (χ0) is 19.7. The predicted molar refractivity (Wildman–Crippen MR) is 131 cm³/mol. The highest BCUT2D eigenvalue weighted by Gasteiger charge is 2.09. The van der Waals surface area contributed by atoms with Crippen LogP contribution >= 0.6 is 0 Å². The highest BCUT2D eigenvalue weighted by molar-refractivity contribution is 6.24. The summed E-state index contributed by atoms with van der Waals surface area (Å²) in [7, 11) is 0. The van der Waals surface area contributed by atoms with Crippen molar-refractivity contribution in [3.63, 3.8) is 0 Å². The number of hydrogen-bond acceptors (Lipinski definition) is 0. The van der Waals surface area contributed by atoms with Crippen LogP contribution in [0.2, 0.25) is 0 Å². The van der Waals surface area contributed by atoms with E-state index in [0.29, 0.717) is 0 Å². The zero-order valence-corrected chi connectivity index (χ0v) is 16.4. The molecule has 0 bridgehead atoms. The van der Waals surface area contributed by atoms with Gasteiger partial charge in [0.2, 0.25) is 0 Å². The van der Waals surface area contributed by atoms with E-state index in [1.165, 1.54) is 64.6 Å². The van der Waals surface area contributed by atoms with Gasteiger partial charge < -0.3 is 0 Å². The van der Waals surface area contributed by atoms with Gasteiger partial charge in [0.15, 0.2) is 0 Å². The highest BCUT2D eigenvalue weighted by atomic mass is 14.1. The van der Waals surface area contributed by atoms with Crippen molar-refractivity contribution in [3.8, 4) is 0 Å². The fourth-order valence-electron chi connectivity index (χ4n) is 5.14. The summed E-state index contributed by atoms with van der Waals surface area (Å²) in [5.74, 6) is 0. The second kappa shape index (κ2) is 5.81. The van der Waals surface area contributed by atoms with Gasteiger partial charge in [-0.25, -0.2) is 0 Å². The molecule has 0 unspecified atom stereocenters. The van der Waals surface area contributed by atoms with Gasteiger partial charge in [-0.05, 0) is 76.8 Å². The van der Waals surface area contributed by atoms with Crippen molar-refractivity contribution in [1.29, 1.82) is 0 Å². The lowest BCUT2D eigenvalue weighted by Crippen LogP contribution is -1.84. The average molecular weight is 378 g/mol. The van der Waals surface area contributed by atoms with Crippen LogP contribution in [0.1, 0.15) is 0 Å². The maximum Gasteiger partial charge on any atom is -0.00987 e. The monoisotopic (exact) mass is 378 g/mol. The maximum absolute atomic E-state index is 2.37.